The predicted molar refractivity (Wildman–Crippen MR) is 51.4 cm³/mol. The molecule has 0 bridgehead atoms. The standard InChI is InChI=1S/C10H18N2O/c1-2-12(9-5-6-9)7-10(13)11-8-3-4-8/h8-9H,2-7H2,1H3,(H,11,13). The van der Waals surface area contributed by atoms with Crippen molar-refractivity contribution in [3.8, 4) is 0 Å². The van der Waals surface area contributed by atoms with E-state index in [-0.39, 0.29) is 5.91 Å². The molecular formula is C10H18N2O. The first-order valence-electron chi connectivity index (χ1n) is 5.33. The highest BCUT2D eigenvalue weighted by Crippen LogP contribution is 2.26. The van der Waals surface area contributed by atoms with Crippen molar-refractivity contribution in [2.45, 2.75) is 44.7 Å². The van der Waals surface area contributed by atoms with E-state index in [1.807, 2.05) is 0 Å². The highest BCUT2D eigenvalue weighted by molar-refractivity contribution is 5.78. The summed E-state index contributed by atoms with van der Waals surface area (Å²) in [5.41, 5.74) is 0. The van der Waals surface area contributed by atoms with E-state index in [1.165, 1.54) is 25.7 Å². The lowest BCUT2D eigenvalue weighted by atomic mass is 10.4. The number of likely N-dealkylation sites (N-methyl/N-ethyl adjacent to an activating group) is 1. The maximum absolute atomic E-state index is 11.4. The molecule has 3 nitrogen and oxygen atoms in total. The molecule has 1 amide bonds. The van der Waals surface area contributed by atoms with Gasteiger partial charge in [0.15, 0.2) is 0 Å². The van der Waals surface area contributed by atoms with Crippen LogP contribution in [0, 0.1) is 0 Å². The van der Waals surface area contributed by atoms with Crippen molar-refractivity contribution in [3.05, 3.63) is 0 Å². The Morgan fingerprint density at radius 3 is 2.54 bits per heavy atom. The minimum absolute atomic E-state index is 0.219. The maximum Gasteiger partial charge on any atom is 0.234 e. The second kappa shape index (κ2) is 3.66. The van der Waals surface area contributed by atoms with E-state index < -0.39 is 0 Å². The minimum atomic E-state index is 0.219. The van der Waals surface area contributed by atoms with Crippen LogP contribution in [-0.2, 0) is 4.79 Å². The fraction of sp³-hybridized carbons (Fsp3) is 0.900. The molecule has 0 unspecified atom stereocenters. The molecule has 0 aliphatic heterocycles. The van der Waals surface area contributed by atoms with E-state index in [4.69, 9.17) is 0 Å². The summed E-state index contributed by atoms with van der Waals surface area (Å²) < 4.78 is 0. The molecule has 0 aromatic carbocycles. The molecule has 74 valence electrons. The number of carbonyl (C=O) groups is 1. The number of nitrogens with one attached hydrogen (secondary N) is 1. The first-order chi connectivity index (χ1) is 6.29. The molecule has 0 spiro atoms. The first kappa shape index (κ1) is 9.00. The van der Waals surface area contributed by atoms with Gasteiger partial charge in [-0.05, 0) is 32.2 Å². The topological polar surface area (TPSA) is 32.3 Å². The van der Waals surface area contributed by atoms with Gasteiger partial charge < -0.3 is 5.32 Å². The molecular weight excluding hydrogens is 164 g/mol. The Kier molecular flexibility index (Phi) is 2.54. The summed E-state index contributed by atoms with van der Waals surface area (Å²) in [6, 6.07) is 1.21. The molecule has 2 rings (SSSR count). The van der Waals surface area contributed by atoms with Gasteiger partial charge >= 0.3 is 0 Å². The van der Waals surface area contributed by atoms with Crippen LogP contribution in [0.2, 0.25) is 0 Å². The van der Waals surface area contributed by atoms with E-state index in [1.54, 1.807) is 0 Å². The van der Waals surface area contributed by atoms with Crippen molar-refractivity contribution in [1.82, 2.24) is 10.2 Å². The molecule has 13 heavy (non-hydrogen) atoms. The molecule has 2 saturated carbocycles. The normalized spacial score (nSPS) is 22.0. The van der Waals surface area contributed by atoms with Crippen molar-refractivity contribution in [2.24, 2.45) is 0 Å². The lowest BCUT2D eigenvalue weighted by Gasteiger charge is -2.18. The van der Waals surface area contributed by atoms with Crippen LogP contribution in [0.5, 0.6) is 0 Å². The monoisotopic (exact) mass is 182 g/mol. The summed E-state index contributed by atoms with van der Waals surface area (Å²) in [6.07, 6.45) is 4.93. The van der Waals surface area contributed by atoms with Crippen LogP contribution in [0.25, 0.3) is 0 Å². The van der Waals surface area contributed by atoms with Gasteiger partial charge in [-0.2, -0.15) is 0 Å². The number of carbonyl (C=O) groups excluding carboxylic acids is 1. The SMILES string of the molecule is CCN(CC(=O)NC1CC1)C1CC1. The molecule has 2 aliphatic carbocycles. The van der Waals surface area contributed by atoms with Gasteiger partial charge in [-0.25, -0.2) is 0 Å². The van der Waals surface area contributed by atoms with E-state index >= 15 is 0 Å². The van der Waals surface area contributed by atoms with Crippen LogP contribution in [-0.4, -0.2) is 36.0 Å². The Balaban J connectivity index is 1.70. The summed E-state index contributed by atoms with van der Waals surface area (Å²) >= 11 is 0. The van der Waals surface area contributed by atoms with Gasteiger partial charge in [0, 0.05) is 12.1 Å². The largest absolute Gasteiger partial charge is 0.352 e. The zero-order valence-corrected chi connectivity index (χ0v) is 8.25. The van der Waals surface area contributed by atoms with E-state index in [0.717, 1.165) is 6.54 Å². The van der Waals surface area contributed by atoms with Crippen molar-refractivity contribution in [2.75, 3.05) is 13.1 Å². The number of hydrogen-bond donors (Lipinski definition) is 1. The molecule has 3 heteroatoms. The maximum atomic E-state index is 11.4. The number of nitrogens with zero attached hydrogens (tertiary/aromatic N) is 1. The highest BCUT2D eigenvalue weighted by Gasteiger charge is 2.30. The fourth-order valence-corrected chi connectivity index (χ4v) is 1.62. The lowest BCUT2D eigenvalue weighted by Crippen LogP contribution is -2.39. The van der Waals surface area contributed by atoms with Crippen LogP contribution in [0.15, 0.2) is 0 Å². The molecule has 0 aromatic rings. The van der Waals surface area contributed by atoms with Crippen LogP contribution in [0.1, 0.15) is 32.6 Å². The van der Waals surface area contributed by atoms with Crippen LogP contribution < -0.4 is 5.32 Å². The molecule has 2 fully saturated rings. The van der Waals surface area contributed by atoms with Gasteiger partial charge in [0.2, 0.25) is 5.91 Å². The highest BCUT2D eigenvalue weighted by atomic mass is 16.2. The average Bonchev–Trinajstić information content (AvgIpc) is 2.91. The van der Waals surface area contributed by atoms with Crippen LogP contribution in [0.3, 0.4) is 0 Å². The third-order valence-corrected chi connectivity index (χ3v) is 2.76. The van der Waals surface area contributed by atoms with Gasteiger partial charge in [0.05, 0.1) is 6.54 Å². The van der Waals surface area contributed by atoms with Crippen molar-refractivity contribution >= 4 is 5.91 Å². The minimum Gasteiger partial charge on any atom is -0.352 e. The fourth-order valence-electron chi connectivity index (χ4n) is 1.62. The predicted octanol–water partition coefficient (Wildman–Crippen LogP) is 0.749. The van der Waals surface area contributed by atoms with E-state index in [0.29, 0.717) is 18.6 Å². The second-order valence-electron chi connectivity index (χ2n) is 4.14. The summed E-state index contributed by atoms with van der Waals surface area (Å²) in [4.78, 5) is 13.7. The van der Waals surface area contributed by atoms with E-state index in [2.05, 4.69) is 17.1 Å². The Morgan fingerprint density at radius 2 is 2.08 bits per heavy atom. The van der Waals surface area contributed by atoms with Crippen LogP contribution in [0.4, 0.5) is 0 Å². The molecule has 0 radical (unpaired) electrons. The molecule has 1 N–H and O–H groups in total. The third-order valence-electron chi connectivity index (χ3n) is 2.76. The molecule has 0 aromatic heterocycles. The first-order valence-corrected chi connectivity index (χ1v) is 5.33. The van der Waals surface area contributed by atoms with Crippen molar-refractivity contribution in [1.29, 1.82) is 0 Å². The average molecular weight is 182 g/mol. The van der Waals surface area contributed by atoms with E-state index in [9.17, 15) is 4.79 Å². The Hall–Kier alpha value is -0.570. The lowest BCUT2D eigenvalue weighted by molar-refractivity contribution is -0.122. The number of rotatable bonds is 5. The smallest absolute Gasteiger partial charge is 0.234 e. The van der Waals surface area contributed by atoms with Gasteiger partial charge in [-0.15, -0.1) is 0 Å². The van der Waals surface area contributed by atoms with Gasteiger partial charge in [-0.1, -0.05) is 6.92 Å². The van der Waals surface area contributed by atoms with Gasteiger partial charge in [0.1, 0.15) is 0 Å². The molecule has 0 saturated heterocycles. The van der Waals surface area contributed by atoms with Gasteiger partial charge in [-0.3, -0.25) is 9.69 Å². The van der Waals surface area contributed by atoms with Gasteiger partial charge in [0.25, 0.3) is 0 Å². The van der Waals surface area contributed by atoms with Crippen molar-refractivity contribution in [3.63, 3.8) is 0 Å². The molecule has 0 atom stereocenters. The number of amides is 1. The Labute approximate surface area is 79.5 Å². The zero-order chi connectivity index (χ0) is 9.26. The van der Waals surface area contributed by atoms with Crippen molar-refractivity contribution < 1.29 is 4.79 Å². The summed E-state index contributed by atoms with van der Waals surface area (Å²) in [7, 11) is 0. The Morgan fingerprint density at radius 1 is 1.38 bits per heavy atom. The molecule has 0 heterocycles. The zero-order valence-electron chi connectivity index (χ0n) is 8.25. The summed E-state index contributed by atoms with van der Waals surface area (Å²) in [5, 5.41) is 3.02. The summed E-state index contributed by atoms with van der Waals surface area (Å²) in [5.74, 6) is 0.219. The number of hydrogen-bond acceptors (Lipinski definition) is 2. The van der Waals surface area contributed by atoms with Crippen LogP contribution >= 0.6 is 0 Å². The second-order valence-corrected chi connectivity index (χ2v) is 4.14. The third kappa shape index (κ3) is 2.69. The summed E-state index contributed by atoms with van der Waals surface area (Å²) in [6.45, 7) is 3.74. The quantitative estimate of drug-likeness (QED) is 0.680. The molecule has 2 aliphatic rings. The Bertz CT molecular complexity index is 197.